The smallest absolute Gasteiger partial charge is 0.115 e. The van der Waals surface area contributed by atoms with Gasteiger partial charge in [0.2, 0.25) is 0 Å². The summed E-state index contributed by atoms with van der Waals surface area (Å²) in [6, 6.07) is 7.22. The van der Waals surface area contributed by atoms with Gasteiger partial charge in [-0.25, -0.2) is 0 Å². The molecule has 0 radical (unpaired) electrons. The molecule has 0 saturated heterocycles. The third kappa shape index (κ3) is 5.21. The van der Waals surface area contributed by atoms with E-state index in [2.05, 4.69) is 13.8 Å². The van der Waals surface area contributed by atoms with Crippen LogP contribution in [0.1, 0.15) is 47.1 Å². The number of allylic oxidation sites excluding steroid dienone is 4. The molecule has 0 saturated carbocycles. The van der Waals surface area contributed by atoms with E-state index in [1.54, 1.807) is 25.1 Å². The standard InChI is InChI=1S/C15H20O2.C2H6/c1-11(5-6-12(2)16)15(3,4)13-7-9-14(17)10-8-13;1-2/h5-10,16-17H,1-4H3;1-2H3/b11-5+,12-6+;. The fourth-order valence-electron chi connectivity index (χ4n) is 1.56. The number of phenolic OH excluding ortho intramolecular Hbond substituents is 1. The molecule has 2 N–H and O–H groups in total. The van der Waals surface area contributed by atoms with Crippen LogP contribution in [0.4, 0.5) is 0 Å². The summed E-state index contributed by atoms with van der Waals surface area (Å²) < 4.78 is 0. The van der Waals surface area contributed by atoms with Crippen LogP contribution in [0.15, 0.2) is 47.7 Å². The highest BCUT2D eigenvalue weighted by atomic mass is 16.3. The summed E-state index contributed by atoms with van der Waals surface area (Å²) in [5, 5.41) is 18.4. The monoisotopic (exact) mass is 262 g/mol. The molecule has 0 amide bonds. The predicted molar refractivity (Wildman–Crippen MR) is 82.6 cm³/mol. The van der Waals surface area contributed by atoms with Crippen molar-refractivity contribution in [1.82, 2.24) is 0 Å². The first-order valence-electron chi connectivity index (χ1n) is 6.68. The van der Waals surface area contributed by atoms with Crippen molar-refractivity contribution in [2.24, 2.45) is 0 Å². The number of hydrogen-bond donors (Lipinski definition) is 2. The molecule has 19 heavy (non-hydrogen) atoms. The summed E-state index contributed by atoms with van der Waals surface area (Å²) in [4.78, 5) is 0. The maximum atomic E-state index is 9.28. The number of aliphatic hydroxyl groups is 1. The summed E-state index contributed by atoms with van der Waals surface area (Å²) in [5.74, 6) is 0.572. The van der Waals surface area contributed by atoms with Crippen LogP contribution in [0, 0.1) is 0 Å². The van der Waals surface area contributed by atoms with Gasteiger partial charge in [0.05, 0.1) is 5.76 Å². The molecule has 0 unspecified atom stereocenters. The lowest BCUT2D eigenvalue weighted by molar-refractivity contribution is 0.414. The first-order valence-corrected chi connectivity index (χ1v) is 6.68. The van der Waals surface area contributed by atoms with Crippen molar-refractivity contribution in [3.63, 3.8) is 0 Å². The van der Waals surface area contributed by atoms with Gasteiger partial charge < -0.3 is 10.2 Å². The second kappa shape index (κ2) is 7.67. The number of benzene rings is 1. The van der Waals surface area contributed by atoms with E-state index in [9.17, 15) is 5.11 Å². The van der Waals surface area contributed by atoms with Gasteiger partial charge in [-0.15, -0.1) is 0 Å². The van der Waals surface area contributed by atoms with Crippen molar-refractivity contribution in [2.75, 3.05) is 0 Å². The predicted octanol–water partition coefficient (Wildman–Crippen LogP) is 5.10. The van der Waals surface area contributed by atoms with Crippen LogP contribution in [0.2, 0.25) is 0 Å². The summed E-state index contributed by atoms with van der Waals surface area (Å²) in [5.41, 5.74) is 2.16. The topological polar surface area (TPSA) is 40.5 Å². The van der Waals surface area contributed by atoms with Crippen molar-refractivity contribution >= 4 is 0 Å². The van der Waals surface area contributed by atoms with Gasteiger partial charge in [-0.05, 0) is 37.6 Å². The Kier molecular flexibility index (Phi) is 6.99. The lowest BCUT2D eigenvalue weighted by Gasteiger charge is -2.26. The minimum Gasteiger partial charge on any atom is -0.513 e. The van der Waals surface area contributed by atoms with E-state index in [0.717, 1.165) is 11.1 Å². The fourth-order valence-corrected chi connectivity index (χ4v) is 1.56. The second-order valence-corrected chi connectivity index (χ2v) is 4.83. The fraction of sp³-hybridized carbons (Fsp3) is 0.412. The van der Waals surface area contributed by atoms with Crippen LogP contribution in [-0.4, -0.2) is 10.2 Å². The van der Waals surface area contributed by atoms with E-state index in [0.29, 0.717) is 5.76 Å². The molecule has 0 spiro atoms. The Labute approximate surface area is 117 Å². The quantitative estimate of drug-likeness (QED) is 0.587. The Morgan fingerprint density at radius 3 is 1.89 bits per heavy atom. The maximum absolute atomic E-state index is 9.28. The number of rotatable bonds is 3. The summed E-state index contributed by atoms with van der Waals surface area (Å²) in [6.45, 7) is 11.9. The molecule has 0 aliphatic carbocycles. The first-order chi connectivity index (χ1) is 8.84. The van der Waals surface area contributed by atoms with Crippen molar-refractivity contribution in [1.29, 1.82) is 0 Å². The van der Waals surface area contributed by atoms with Crippen LogP contribution in [0.3, 0.4) is 0 Å². The minimum absolute atomic E-state index is 0.125. The van der Waals surface area contributed by atoms with E-state index < -0.39 is 0 Å². The molecule has 0 aromatic heterocycles. The van der Waals surface area contributed by atoms with E-state index >= 15 is 0 Å². The van der Waals surface area contributed by atoms with Gasteiger partial charge in [-0.3, -0.25) is 0 Å². The van der Waals surface area contributed by atoms with E-state index in [1.807, 2.05) is 39.0 Å². The molecule has 0 heterocycles. The van der Waals surface area contributed by atoms with Crippen LogP contribution in [0.25, 0.3) is 0 Å². The first kappa shape index (κ1) is 17.3. The van der Waals surface area contributed by atoms with Crippen molar-refractivity contribution in [2.45, 2.75) is 47.0 Å². The van der Waals surface area contributed by atoms with Gasteiger partial charge in [-0.2, -0.15) is 0 Å². The van der Waals surface area contributed by atoms with Crippen molar-refractivity contribution in [3.05, 3.63) is 53.3 Å². The largest absolute Gasteiger partial charge is 0.513 e. The Morgan fingerprint density at radius 2 is 1.47 bits per heavy atom. The zero-order valence-electron chi connectivity index (χ0n) is 12.9. The average molecular weight is 262 g/mol. The normalized spacial score (nSPS) is 12.7. The minimum atomic E-state index is -0.125. The number of aliphatic hydroxyl groups excluding tert-OH is 1. The van der Waals surface area contributed by atoms with Gasteiger partial charge in [0, 0.05) is 5.41 Å². The Morgan fingerprint density at radius 1 is 1.00 bits per heavy atom. The highest BCUT2D eigenvalue weighted by Gasteiger charge is 2.22. The number of aromatic hydroxyl groups is 1. The van der Waals surface area contributed by atoms with E-state index in [4.69, 9.17) is 5.11 Å². The molecule has 1 rings (SSSR count). The van der Waals surface area contributed by atoms with Crippen LogP contribution in [-0.2, 0) is 5.41 Å². The van der Waals surface area contributed by atoms with Crippen LogP contribution >= 0.6 is 0 Å². The zero-order chi connectivity index (χ0) is 15.1. The van der Waals surface area contributed by atoms with Gasteiger partial charge in [0.1, 0.15) is 5.75 Å². The van der Waals surface area contributed by atoms with Crippen molar-refractivity contribution in [3.8, 4) is 5.75 Å². The molecule has 0 atom stereocenters. The van der Waals surface area contributed by atoms with Gasteiger partial charge >= 0.3 is 0 Å². The second-order valence-electron chi connectivity index (χ2n) is 4.83. The molecular weight excluding hydrogens is 236 g/mol. The Balaban J connectivity index is 0.00000154. The van der Waals surface area contributed by atoms with E-state index in [-0.39, 0.29) is 11.2 Å². The molecule has 0 fully saturated rings. The molecule has 2 nitrogen and oxygen atoms in total. The summed E-state index contributed by atoms with van der Waals surface area (Å²) >= 11 is 0. The summed E-state index contributed by atoms with van der Waals surface area (Å²) in [6.07, 6.45) is 3.61. The molecule has 0 bridgehead atoms. The van der Waals surface area contributed by atoms with E-state index in [1.165, 1.54) is 0 Å². The van der Waals surface area contributed by atoms with Crippen LogP contribution in [0.5, 0.6) is 5.75 Å². The SMILES string of the molecule is C/C(O)=C\C=C(/C)C(C)(C)c1ccc(O)cc1.CC. The van der Waals surface area contributed by atoms with Gasteiger partial charge in [0.15, 0.2) is 0 Å². The lowest BCUT2D eigenvalue weighted by atomic mass is 9.78. The lowest BCUT2D eigenvalue weighted by Crippen LogP contribution is -2.18. The third-order valence-electron chi connectivity index (χ3n) is 3.15. The highest BCUT2D eigenvalue weighted by molar-refractivity contribution is 5.38. The van der Waals surface area contributed by atoms with Crippen molar-refractivity contribution < 1.29 is 10.2 Å². The summed E-state index contributed by atoms with van der Waals surface area (Å²) in [7, 11) is 0. The molecule has 1 aromatic carbocycles. The van der Waals surface area contributed by atoms with Crippen LogP contribution < -0.4 is 0 Å². The number of hydrogen-bond acceptors (Lipinski definition) is 2. The maximum Gasteiger partial charge on any atom is 0.115 e. The molecule has 0 aliphatic rings. The molecule has 1 aromatic rings. The van der Waals surface area contributed by atoms with Gasteiger partial charge in [-0.1, -0.05) is 51.5 Å². The third-order valence-corrected chi connectivity index (χ3v) is 3.15. The average Bonchev–Trinajstić information content (AvgIpc) is 2.38. The Bertz CT molecular complexity index is 433. The molecular formula is C17H26O2. The highest BCUT2D eigenvalue weighted by Crippen LogP contribution is 2.32. The molecule has 0 aliphatic heterocycles. The Hall–Kier alpha value is -1.70. The van der Waals surface area contributed by atoms with Gasteiger partial charge in [0.25, 0.3) is 0 Å². The number of phenols is 1. The zero-order valence-corrected chi connectivity index (χ0v) is 12.9. The molecule has 106 valence electrons. The molecule has 2 heteroatoms.